The molecule has 0 radical (unpaired) electrons. The second-order valence-corrected chi connectivity index (χ2v) is 7.31. The lowest BCUT2D eigenvalue weighted by Gasteiger charge is -2.13. The van der Waals surface area contributed by atoms with Gasteiger partial charge < -0.3 is 9.88 Å². The van der Waals surface area contributed by atoms with Crippen LogP contribution in [0.3, 0.4) is 0 Å². The lowest BCUT2D eigenvalue weighted by atomic mass is 10.1. The molecule has 0 aliphatic carbocycles. The van der Waals surface area contributed by atoms with Crippen LogP contribution >= 0.6 is 11.8 Å². The highest BCUT2D eigenvalue weighted by Gasteiger charge is 2.20. The second kappa shape index (κ2) is 8.66. The number of nitrogens with one attached hydrogen (secondary N) is 2. The van der Waals surface area contributed by atoms with E-state index in [4.69, 9.17) is 0 Å². The number of hydrogen-bond donors (Lipinski definition) is 2. The summed E-state index contributed by atoms with van der Waals surface area (Å²) in [5.41, 5.74) is 1.14. The Morgan fingerprint density at radius 2 is 1.84 bits per heavy atom. The van der Waals surface area contributed by atoms with E-state index in [0.29, 0.717) is 11.6 Å². The van der Waals surface area contributed by atoms with Crippen molar-refractivity contribution in [2.24, 2.45) is 7.05 Å². The number of rotatable bonds is 6. The standard InChI is InChI=1S/C17H23N5O2S/c1-11(2)18-16(24)19-15(23)12(3)25-17-21-20-14(22(17)4)10-13-8-6-5-7-9-13/h5-9,11-12H,10H2,1-4H3,(H2,18,19,23,24)/t12-/m0/s1. The number of thioether (sulfide) groups is 1. The van der Waals surface area contributed by atoms with Crippen LogP contribution in [0, 0.1) is 0 Å². The van der Waals surface area contributed by atoms with Crippen LogP contribution in [0.5, 0.6) is 0 Å². The number of hydrogen-bond acceptors (Lipinski definition) is 5. The highest BCUT2D eigenvalue weighted by atomic mass is 32.2. The first-order valence-corrected chi connectivity index (χ1v) is 8.95. The lowest BCUT2D eigenvalue weighted by Crippen LogP contribution is -2.45. The van der Waals surface area contributed by atoms with Gasteiger partial charge in [-0.15, -0.1) is 10.2 Å². The number of amides is 3. The number of nitrogens with zero attached hydrogens (tertiary/aromatic N) is 3. The van der Waals surface area contributed by atoms with Crippen molar-refractivity contribution in [2.45, 2.75) is 43.6 Å². The minimum atomic E-state index is -0.491. The van der Waals surface area contributed by atoms with Crippen molar-refractivity contribution in [1.82, 2.24) is 25.4 Å². The molecule has 1 atom stereocenters. The first-order chi connectivity index (χ1) is 11.9. The van der Waals surface area contributed by atoms with Gasteiger partial charge in [0.1, 0.15) is 5.82 Å². The molecule has 134 valence electrons. The van der Waals surface area contributed by atoms with Crippen LogP contribution in [0.15, 0.2) is 35.5 Å². The average molecular weight is 361 g/mol. The number of imide groups is 1. The molecule has 1 heterocycles. The van der Waals surface area contributed by atoms with Crippen molar-refractivity contribution in [1.29, 1.82) is 0 Å². The molecule has 0 saturated carbocycles. The van der Waals surface area contributed by atoms with E-state index in [2.05, 4.69) is 20.8 Å². The van der Waals surface area contributed by atoms with Crippen LogP contribution in [0.4, 0.5) is 4.79 Å². The Bertz CT molecular complexity index is 730. The van der Waals surface area contributed by atoms with Crippen LogP contribution in [0.1, 0.15) is 32.2 Å². The number of carbonyl (C=O) groups is 2. The molecule has 7 nitrogen and oxygen atoms in total. The predicted molar refractivity (Wildman–Crippen MR) is 97.4 cm³/mol. The number of carbonyl (C=O) groups excluding carboxylic acids is 2. The molecule has 0 fully saturated rings. The van der Waals surface area contributed by atoms with Gasteiger partial charge >= 0.3 is 6.03 Å². The summed E-state index contributed by atoms with van der Waals surface area (Å²) in [7, 11) is 1.87. The monoisotopic (exact) mass is 361 g/mol. The fourth-order valence-corrected chi connectivity index (χ4v) is 2.94. The fourth-order valence-electron chi connectivity index (χ4n) is 2.10. The van der Waals surface area contributed by atoms with Gasteiger partial charge in [0.2, 0.25) is 5.91 Å². The Kier molecular flexibility index (Phi) is 6.58. The van der Waals surface area contributed by atoms with Gasteiger partial charge in [-0.25, -0.2) is 4.79 Å². The molecule has 2 rings (SSSR count). The molecule has 2 aromatic rings. The molecular weight excluding hydrogens is 338 g/mol. The third-order valence-electron chi connectivity index (χ3n) is 3.44. The summed E-state index contributed by atoms with van der Waals surface area (Å²) in [5.74, 6) is 0.453. The Morgan fingerprint density at radius 1 is 1.16 bits per heavy atom. The predicted octanol–water partition coefficient (Wildman–Crippen LogP) is 2.12. The molecule has 0 bridgehead atoms. The van der Waals surface area contributed by atoms with Crippen LogP contribution in [0.25, 0.3) is 0 Å². The summed E-state index contributed by atoms with van der Waals surface area (Å²) in [4.78, 5) is 23.7. The zero-order valence-corrected chi connectivity index (χ0v) is 15.6. The van der Waals surface area contributed by atoms with Crippen molar-refractivity contribution < 1.29 is 9.59 Å². The minimum absolute atomic E-state index is 0.0324. The number of urea groups is 1. The number of aromatic nitrogens is 3. The Balaban J connectivity index is 1.96. The molecule has 25 heavy (non-hydrogen) atoms. The van der Waals surface area contributed by atoms with Gasteiger partial charge in [0.15, 0.2) is 5.16 Å². The highest BCUT2D eigenvalue weighted by molar-refractivity contribution is 8.00. The molecule has 0 spiro atoms. The lowest BCUT2D eigenvalue weighted by molar-refractivity contribution is -0.119. The van der Waals surface area contributed by atoms with Crippen LogP contribution < -0.4 is 10.6 Å². The summed E-state index contributed by atoms with van der Waals surface area (Å²) in [6.45, 7) is 5.39. The first-order valence-electron chi connectivity index (χ1n) is 8.07. The summed E-state index contributed by atoms with van der Waals surface area (Å²) < 4.78 is 1.87. The maximum absolute atomic E-state index is 12.1. The van der Waals surface area contributed by atoms with Gasteiger partial charge in [-0.1, -0.05) is 42.1 Å². The molecule has 0 saturated heterocycles. The van der Waals surface area contributed by atoms with Crippen molar-refractivity contribution in [3.8, 4) is 0 Å². The highest BCUT2D eigenvalue weighted by Crippen LogP contribution is 2.22. The zero-order valence-electron chi connectivity index (χ0n) is 14.8. The molecule has 0 aliphatic heterocycles. The van der Waals surface area contributed by atoms with Crippen molar-refractivity contribution in [3.05, 3.63) is 41.7 Å². The van der Waals surface area contributed by atoms with Gasteiger partial charge in [0, 0.05) is 19.5 Å². The van der Waals surface area contributed by atoms with Gasteiger partial charge in [-0.3, -0.25) is 10.1 Å². The van der Waals surface area contributed by atoms with Crippen molar-refractivity contribution in [3.63, 3.8) is 0 Å². The largest absolute Gasteiger partial charge is 0.336 e. The topological polar surface area (TPSA) is 88.9 Å². The second-order valence-electron chi connectivity index (χ2n) is 6.00. The Hall–Kier alpha value is -2.35. The third kappa shape index (κ3) is 5.60. The normalized spacial score (nSPS) is 12.0. The van der Waals surface area contributed by atoms with Crippen molar-refractivity contribution in [2.75, 3.05) is 0 Å². The van der Waals surface area contributed by atoms with Gasteiger partial charge in [0.25, 0.3) is 0 Å². The average Bonchev–Trinajstić information content (AvgIpc) is 2.88. The molecule has 0 unspecified atom stereocenters. The van der Waals surface area contributed by atoms with E-state index >= 15 is 0 Å². The van der Waals surface area contributed by atoms with Crippen molar-refractivity contribution >= 4 is 23.7 Å². The molecule has 8 heteroatoms. The summed E-state index contributed by atoms with van der Waals surface area (Å²) in [6.07, 6.45) is 0.669. The van der Waals surface area contributed by atoms with E-state index in [1.165, 1.54) is 11.8 Å². The Labute approximate surface area is 151 Å². The third-order valence-corrected chi connectivity index (χ3v) is 4.57. The molecule has 2 N–H and O–H groups in total. The zero-order chi connectivity index (χ0) is 18.4. The Morgan fingerprint density at radius 3 is 2.48 bits per heavy atom. The van der Waals surface area contributed by atoms with E-state index in [1.54, 1.807) is 6.92 Å². The molecule has 3 amide bonds. The van der Waals surface area contributed by atoms with Gasteiger partial charge in [-0.2, -0.15) is 0 Å². The van der Waals surface area contributed by atoms with E-state index in [9.17, 15) is 9.59 Å². The van der Waals surface area contributed by atoms with Gasteiger partial charge in [-0.05, 0) is 26.3 Å². The first kappa shape index (κ1) is 19.0. The molecule has 0 aliphatic rings. The smallest absolute Gasteiger partial charge is 0.321 e. The summed E-state index contributed by atoms with van der Waals surface area (Å²) in [6, 6.07) is 9.48. The molecular formula is C17H23N5O2S. The van der Waals surface area contributed by atoms with E-state index in [-0.39, 0.29) is 11.9 Å². The summed E-state index contributed by atoms with van der Waals surface area (Å²) >= 11 is 1.27. The van der Waals surface area contributed by atoms with E-state index in [1.807, 2.05) is 55.8 Å². The SMILES string of the molecule is CC(C)NC(=O)NC(=O)[C@H](C)Sc1nnc(Cc2ccccc2)n1C. The van der Waals surface area contributed by atoms with E-state index in [0.717, 1.165) is 11.4 Å². The van der Waals surface area contributed by atoms with E-state index < -0.39 is 11.3 Å². The fraction of sp³-hybridized carbons (Fsp3) is 0.412. The maximum atomic E-state index is 12.1. The molecule has 1 aromatic carbocycles. The number of benzene rings is 1. The minimum Gasteiger partial charge on any atom is -0.336 e. The molecule has 1 aromatic heterocycles. The maximum Gasteiger partial charge on any atom is 0.321 e. The summed E-state index contributed by atoms with van der Waals surface area (Å²) in [5, 5.41) is 13.5. The van der Waals surface area contributed by atoms with Crippen LogP contribution in [-0.4, -0.2) is 38.0 Å². The van der Waals surface area contributed by atoms with Crippen LogP contribution in [-0.2, 0) is 18.3 Å². The van der Waals surface area contributed by atoms with Crippen LogP contribution in [0.2, 0.25) is 0 Å². The van der Waals surface area contributed by atoms with Gasteiger partial charge in [0.05, 0.1) is 5.25 Å². The quantitative estimate of drug-likeness (QED) is 0.770.